The van der Waals surface area contributed by atoms with Gasteiger partial charge in [0.05, 0.1) is 0 Å². The first-order valence-corrected chi connectivity index (χ1v) is 7.99. The van der Waals surface area contributed by atoms with Gasteiger partial charge in [0, 0.05) is 11.1 Å². The van der Waals surface area contributed by atoms with Crippen LogP contribution in [0.15, 0.2) is 65.8 Å². The molecule has 0 aromatic heterocycles. The van der Waals surface area contributed by atoms with E-state index in [-0.39, 0.29) is 11.6 Å². The van der Waals surface area contributed by atoms with Crippen molar-refractivity contribution in [3.8, 4) is 28.0 Å². The van der Waals surface area contributed by atoms with Crippen LogP contribution in [0.2, 0.25) is 0 Å². The summed E-state index contributed by atoms with van der Waals surface area (Å²) < 4.78 is 0. The summed E-state index contributed by atoms with van der Waals surface area (Å²) in [6.07, 6.45) is 0. The van der Waals surface area contributed by atoms with Gasteiger partial charge in [0.1, 0.15) is 5.75 Å². The molecule has 0 spiro atoms. The molecule has 3 aromatic carbocycles. The van der Waals surface area contributed by atoms with E-state index in [2.05, 4.69) is 23.4 Å². The van der Waals surface area contributed by atoms with Gasteiger partial charge >= 0.3 is 0 Å². The van der Waals surface area contributed by atoms with Gasteiger partial charge in [-0.2, -0.15) is 0 Å². The molecule has 0 unspecified atom stereocenters. The average Bonchev–Trinajstić information content (AvgIpc) is 2.63. The van der Waals surface area contributed by atoms with Crippen LogP contribution in [0, 0.1) is 13.8 Å². The topological polar surface area (TPSA) is 78.8 Å². The van der Waals surface area contributed by atoms with Crippen LogP contribution < -0.4 is 5.73 Å². The molecule has 0 heterocycles. The van der Waals surface area contributed by atoms with Crippen molar-refractivity contribution in [1.29, 1.82) is 0 Å². The molecule has 0 aliphatic carbocycles. The number of oxime groups is 1. The van der Waals surface area contributed by atoms with Gasteiger partial charge in [0.25, 0.3) is 0 Å². The number of nitrogens with two attached hydrogens (primary N) is 1. The number of benzene rings is 3. The molecule has 126 valence electrons. The number of hydrogen-bond donors (Lipinski definition) is 3. The van der Waals surface area contributed by atoms with E-state index in [1.54, 1.807) is 12.1 Å². The molecule has 0 radical (unpaired) electrons. The third-order valence-corrected chi connectivity index (χ3v) is 4.29. The summed E-state index contributed by atoms with van der Waals surface area (Å²) in [7, 11) is 0. The highest BCUT2D eigenvalue weighted by atomic mass is 16.4. The Kier molecular flexibility index (Phi) is 4.44. The van der Waals surface area contributed by atoms with Gasteiger partial charge < -0.3 is 16.0 Å². The van der Waals surface area contributed by atoms with E-state index >= 15 is 0 Å². The van der Waals surface area contributed by atoms with Crippen molar-refractivity contribution in [3.63, 3.8) is 0 Å². The third-order valence-electron chi connectivity index (χ3n) is 4.29. The first-order valence-electron chi connectivity index (χ1n) is 7.99. The lowest BCUT2D eigenvalue weighted by Crippen LogP contribution is -2.15. The first kappa shape index (κ1) is 16.6. The molecule has 3 rings (SSSR count). The Balaban J connectivity index is 2.37. The van der Waals surface area contributed by atoms with Crippen molar-refractivity contribution in [3.05, 3.63) is 77.4 Å². The smallest absolute Gasteiger partial charge is 0.170 e. The van der Waals surface area contributed by atoms with Gasteiger partial charge in [-0.3, -0.25) is 0 Å². The summed E-state index contributed by atoms with van der Waals surface area (Å²) in [5.74, 6) is 0.279. The van der Waals surface area contributed by atoms with Crippen molar-refractivity contribution < 1.29 is 10.3 Å². The van der Waals surface area contributed by atoms with Crippen LogP contribution >= 0.6 is 0 Å². The molecule has 4 heteroatoms. The number of aryl methyl sites for hydroxylation is 2. The molecule has 0 bridgehead atoms. The zero-order chi connectivity index (χ0) is 18.0. The minimum atomic E-state index is 0.0662. The number of hydrogen-bond acceptors (Lipinski definition) is 3. The van der Waals surface area contributed by atoms with Crippen molar-refractivity contribution in [2.45, 2.75) is 13.8 Å². The Morgan fingerprint density at radius 1 is 0.920 bits per heavy atom. The SMILES string of the molecule is Cc1ccc(C)c(-c2c(C(N)=NO)cccc2-c2ccc(O)cc2)c1. The van der Waals surface area contributed by atoms with Crippen molar-refractivity contribution >= 4 is 5.84 Å². The molecule has 0 fully saturated rings. The number of amidine groups is 1. The van der Waals surface area contributed by atoms with Gasteiger partial charge in [0.15, 0.2) is 5.84 Å². The highest BCUT2D eigenvalue weighted by Crippen LogP contribution is 2.37. The van der Waals surface area contributed by atoms with Gasteiger partial charge in [-0.15, -0.1) is 0 Å². The standard InChI is InChI=1S/C21H20N2O2/c1-13-6-7-14(2)19(12-13)20-17(15-8-10-16(24)11-9-15)4-3-5-18(20)21(22)23-25/h3-12,24-25H,1-2H3,(H2,22,23). The maximum absolute atomic E-state index is 9.58. The normalized spacial score (nSPS) is 11.5. The fraction of sp³-hybridized carbons (Fsp3) is 0.0952. The van der Waals surface area contributed by atoms with Crippen LogP contribution in [-0.4, -0.2) is 16.1 Å². The van der Waals surface area contributed by atoms with Gasteiger partial charge in [0.2, 0.25) is 0 Å². The lowest BCUT2D eigenvalue weighted by Gasteiger charge is -2.17. The summed E-state index contributed by atoms with van der Waals surface area (Å²) in [4.78, 5) is 0. The minimum absolute atomic E-state index is 0.0662. The highest BCUT2D eigenvalue weighted by molar-refractivity contribution is 6.07. The molecule has 0 aliphatic rings. The number of rotatable bonds is 3. The van der Waals surface area contributed by atoms with Gasteiger partial charge in [-0.05, 0) is 48.2 Å². The third kappa shape index (κ3) is 3.19. The highest BCUT2D eigenvalue weighted by Gasteiger charge is 2.17. The Morgan fingerprint density at radius 2 is 1.64 bits per heavy atom. The second kappa shape index (κ2) is 6.69. The molecular formula is C21H20N2O2. The van der Waals surface area contributed by atoms with Crippen LogP contribution in [0.5, 0.6) is 5.75 Å². The van der Waals surface area contributed by atoms with Crippen molar-refractivity contribution in [1.82, 2.24) is 0 Å². The fourth-order valence-electron chi connectivity index (χ4n) is 3.00. The predicted molar refractivity (Wildman–Crippen MR) is 101 cm³/mol. The zero-order valence-electron chi connectivity index (χ0n) is 14.2. The Bertz CT molecular complexity index is 945. The summed E-state index contributed by atoms with van der Waals surface area (Å²) in [5.41, 5.74) is 12.7. The van der Waals surface area contributed by atoms with Crippen LogP contribution in [0.1, 0.15) is 16.7 Å². The summed E-state index contributed by atoms with van der Waals surface area (Å²) in [6, 6.07) is 19.0. The lowest BCUT2D eigenvalue weighted by molar-refractivity contribution is 0.318. The molecule has 4 nitrogen and oxygen atoms in total. The monoisotopic (exact) mass is 332 g/mol. The molecular weight excluding hydrogens is 312 g/mol. The maximum atomic E-state index is 9.58. The van der Waals surface area contributed by atoms with E-state index in [0.717, 1.165) is 33.4 Å². The summed E-state index contributed by atoms with van der Waals surface area (Å²) >= 11 is 0. The molecule has 3 aromatic rings. The van der Waals surface area contributed by atoms with E-state index in [9.17, 15) is 10.3 Å². The van der Waals surface area contributed by atoms with Crippen molar-refractivity contribution in [2.24, 2.45) is 10.9 Å². The van der Waals surface area contributed by atoms with E-state index in [1.807, 2.05) is 44.2 Å². The van der Waals surface area contributed by atoms with Gasteiger partial charge in [-0.25, -0.2) is 0 Å². The Morgan fingerprint density at radius 3 is 2.32 bits per heavy atom. The second-order valence-corrected chi connectivity index (χ2v) is 6.08. The first-order chi connectivity index (χ1) is 12.0. The van der Waals surface area contributed by atoms with Gasteiger partial charge in [-0.1, -0.05) is 59.3 Å². The number of phenolic OH excluding ortho intramolecular Hbond substituents is 1. The van der Waals surface area contributed by atoms with Crippen LogP contribution in [-0.2, 0) is 0 Å². The molecule has 0 saturated carbocycles. The lowest BCUT2D eigenvalue weighted by atomic mass is 9.87. The van der Waals surface area contributed by atoms with E-state index in [4.69, 9.17) is 5.73 Å². The molecule has 0 amide bonds. The maximum Gasteiger partial charge on any atom is 0.170 e. The quantitative estimate of drug-likeness (QED) is 0.287. The van der Waals surface area contributed by atoms with E-state index in [1.165, 1.54) is 0 Å². The van der Waals surface area contributed by atoms with Crippen molar-refractivity contribution in [2.75, 3.05) is 0 Å². The molecule has 0 aliphatic heterocycles. The number of phenols is 1. The van der Waals surface area contributed by atoms with Crippen LogP contribution in [0.25, 0.3) is 22.3 Å². The Hall–Kier alpha value is -3.27. The van der Waals surface area contributed by atoms with Crippen LogP contribution in [0.4, 0.5) is 0 Å². The molecule has 4 N–H and O–H groups in total. The largest absolute Gasteiger partial charge is 0.508 e. The predicted octanol–water partition coefficient (Wildman–Crippen LogP) is 4.44. The second-order valence-electron chi connectivity index (χ2n) is 6.08. The molecule has 0 atom stereocenters. The zero-order valence-corrected chi connectivity index (χ0v) is 14.2. The summed E-state index contributed by atoms with van der Waals surface area (Å²) in [5, 5.41) is 22.0. The van der Waals surface area contributed by atoms with E-state index < -0.39 is 0 Å². The molecule has 25 heavy (non-hydrogen) atoms. The van der Waals surface area contributed by atoms with Crippen LogP contribution in [0.3, 0.4) is 0 Å². The minimum Gasteiger partial charge on any atom is -0.508 e. The van der Waals surface area contributed by atoms with E-state index in [0.29, 0.717) is 5.56 Å². The number of aromatic hydroxyl groups is 1. The Labute approximate surface area is 146 Å². The molecule has 0 saturated heterocycles. The average molecular weight is 332 g/mol. The fourth-order valence-corrected chi connectivity index (χ4v) is 3.00. The number of nitrogens with zero attached hydrogens (tertiary/aromatic N) is 1. The summed E-state index contributed by atoms with van der Waals surface area (Å²) in [6.45, 7) is 4.08.